The Morgan fingerprint density at radius 2 is 1.80 bits per heavy atom. The summed E-state index contributed by atoms with van der Waals surface area (Å²) in [5, 5.41) is 0.748. The van der Waals surface area contributed by atoms with Crippen molar-refractivity contribution in [3.8, 4) is 0 Å². The lowest BCUT2D eigenvalue weighted by atomic mass is 10.1. The van der Waals surface area contributed by atoms with Crippen molar-refractivity contribution >= 4 is 27.5 Å². The number of benzene rings is 2. The summed E-state index contributed by atoms with van der Waals surface area (Å²) in [5.41, 5.74) is 8.39. The third kappa shape index (κ3) is 3.83. The van der Waals surface area contributed by atoms with Crippen LogP contribution < -0.4 is 5.73 Å². The van der Waals surface area contributed by atoms with E-state index in [1.807, 2.05) is 36.4 Å². The SMILES string of the molecule is CN(Cc1ccccc1Br)C(CN)c1ccc(Cl)cc1. The summed E-state index contributed by atoms with van der Waals surface area (Å²) in [5.74, 6) is 0. The Labute approximate surface area is 133 Å². The predicted molar refractivity (Wildman–Crippen MR) is 88.9 cm³/mol. The highest BCUT2D eigenvalue weighted by molar-refractivity contribution is 9.10. The van der Waals surface area contributed by atoms with E-state index in [0.29, 0.717) is 6.54 Å². The van der Waals surface area contributed by atoms with Crippen molar-refractivity contribution in [2.75, 3.05) is 13.6 Å². The third-order valence-corrected chi connectivity index (χ3v) is 4.41. The molecule has 1 unspecified atom stereocenters. The highest BCUT2D eigenvalue weighted by Crippen LogP contribution is 2.24. The highest BCUT2D eigenvalue weighted by atomic mass is 79.9. The first kappa shape index (κ1) is 15.5. The Bertz CT molecular complexity index is 557. The van der Waals surface area contributed by atoms with Crippen molar-refractivity contribution in [1.29, 1.82) is 0 Å². The average molecular weight is 354 g/mol. The van der Waals surface area contributed by atoms with Gasteiger partial charge in [0.2, 0.25) is 0 Å². The van der Waals surface area contributed by atoms with Gasteiger partial charge in [-0.3, -0.25) is 4.90 Å². The summed E-state index contributed by atoms with van der Waals surface area (Å²) in [6, 6.07) is 16.3. The molecule has 1 atom stereocenters. The zero-order chi connectivity index (χ0) is 14.5. The first-order valence-electron chi connectivity index (χ1n) is 6.51. The number of nitrogens with zero attached hydrogens (tertiary/aromatic N) is 1. The summed E-state index contributed by atoms with van der Waals surface area (Å²) in [6.07, 6.45) is 0. The van der Waals surface area contributed by atoms with Crippen LogP contribution in [0.25, 0.3) is 0 Å². The van der Waals surface area contributed by atoms with Crippen LogP contribution in [-0.4, -0.2) is 18.5 Å². The Kier molecular flexibility index (Phi) is 5.61. The van der Waals surface area contributed by atoms with Crippen molar-refractivity contribution in [3.63, 3.8) is 0 Å². The monoisotopic (exact) mass is 352 g/mol. The van der Waals surface area contributed by atoms with Crippen molar-refractivity contribution < 1.29 is 0 Å². The molecule has 0 bridgehead atoms. The molecule has 0 aliphatic rings. The molecule has 0 saturated carbocycles. The van der Waals surface area contributed by atoms with E-state index >= 15 is 0 Å². The molecular formula is C16H18BrClN2. The number of hydrogen-bond donors (Lipinski definition) is 1. The van der Waals surface area contributed by atoms with Crippen LogP contribution in [-0.2, 0) is 6.54 Å². The van der Waals surface area contributed by atoms with E-state index < -0.39 is 0 Å². The molecule has 2 aromatic carbocycles. The van der Waals surface area contributed by atoms with Crippen molar-refractivity contribution in [3.05, 3.63) is 69.2 Å². The Balaban J connectivity index is 2.15. The summed E-state index contributed by atoms with van der Waals surface area (Å²) in [6.45, 7) is 1.41. The second-order valence-corrected chi connectivity index (χ2v) is 6.10. The number of hydrogen-bond acceptors (Lipinski definition) is 2. The van der Waals surface area contributed by atoms with E-state index in [4.69, 9.17) is 17.3 Å². The molecule has 0 fully saturated rings. The maximum Gasteiger partial charge on any atom is 0.0470 e. The lowest BCUT2D eigenvalue weighted by molar-refractivity contribution is 0.241. The van der Waals surface area contributed by atoms with Crippen LogP contribution in [0.15, 0.2) is 53.0 Å². The van der Waals surface area contributed by atoms with Gasteiger partial charge in [-0.15, -0.1) is 0 Å². The minimum Gasteiger partial charge on any atom is -0.329 e. The fraction of sp³-hybridized carbons (Fsp3) is 0.250. The first-order valence-corrected chi connectivity index (χ1v) is 7.68. The van der Waals surface area contributed by atoms with E-state index in [1.165, 1.54) is 11.1 Å². The molecule has 0 spiro atoms. The molecule has 0 aliphatic heterocycles. The maximum atomic E-state index is 5.95. The van der Waals surface area contributed by atoms with Gasteiger partial charge in [-0.25, -0.2) is 0 Å². The lowest BCUT2D eigenvalue weighted by Gasteiger charge is -2.27. The summed E-state index contributed by atoms with van der Waals surface area (Å²) in [7, 11) is 2.09. The molecule has 106 valence electrons. The average Bonchev–Trinajstić information content (AvgIpc) is 2.44. The van der Waals surface area contributed by atoms with Gasteiger partial charge in [0, 0.05) is 28.6 Å². The van der Waals surface area contributed by atoms with Crippen molar-refractivity contribution in [1.82, 2.24) is 4.90 Å². The van der Waals surface area contributed by atoms with Crippen molar-refractivity contribution in [2.45, 2.75) is 12.6 Å². The van der Waals surface area contributed by atoms with Crippen LogP contribution in [0.5, 0.6) is 0 Å². The molecule has 2 N–H and O–H groups in total. The van der Waals surface area contributed by atoms with Crippen LogP contribution >= 0.6 is 27.5 Å². The zero-order valence-electron chi connectivity index (χ0n) is 11.4. The van der Waals surface area contributed by atoms with E-state index in [2.05, 4.69) is 40.0 Å². The molecule has 0 heterocycles. The molecule has 0 aliphatic carbocycles. The lowest BCUT2D eigenvalue weighted by Crippen LogP contribution is -2.30. The molecule has 2 aromatic rings. The van der Waals surface area contributed by atoms with Gasteiger partial charge in [-0.2, -0.15) is 0 Å². The van der Waals surface area contributed by atoms with E-state index in [9.17, 15) is 0 Å². The fourth-order valence-corrected chi connectivity index (χ4v) is 2.80. The summed E-state index contributed by atoms with van der Waals surface area (Å²) >= 11 is 9.52. The van der Waals surface area contributed by atoms with Crippen molar-refractivity contribution in [2.24, 2.45) is 5.73 Å². The number of nitrogens with two attached hydrogens (primary N) is 1. The summed E-state index contributed by atoms with van der Waals surface area (Å²) in [4.78, 5) is 2.25. The first-order chi connectivity index (χ1) is 9.61. The molecule has 2 rings (SSSR count). The van der Waals surface area contributed by atoms with Crippen LogP contribution in [0, 0.1) is 0 Å². The molecule has 2 nitrogen and oxygen atoms in total. The minimum atomic E-state index is 0.180. The van der Waals surface area contributed by atoms with Gasteiger partial charge in [-0.05, 0) is 36.4 Å². The van der Waals surface area contributed by atoms with E-state index in [0.717, 1.165) is 16.0 Å². The van der Waals surface area contributed by atoms with Gasteiger partial charge >= 0.3 is 0 Å². The molecule has 4 heteroatoms. The van der Waals surface area contributed by atoms with E-state index in [-0.39, 0.29) is 6.04 Å². The van der Waals surface area contributed by atoms with Gasteiger partial charge in [0.1, 0.15) is 0 Å². The van der Waals surface area contributed by atoms with Gasteiger partial charge in [0.25, 0.3) is 0 Å². The summed E-state index contributed by atoms with van der Waals surface area (Å²) < 4.78 is 1.12. The normalized spacial score (nSPS) is 12.7. The molecular weight excluding hydrogens is 336 g/mol. The predicted octanol–water partition coefficient (Wildman–Crippen LogP) is 4.23. The quantitative estimate of drug-likeness (QED) is 0.871. The maximum absolute atomic E-state index is 5.95. The Morgan fingerprint density at radius 1 is 1.15 bits per heavy atom. The van der Waals surface area contributed by atoms with Gasteiger partial charge in [-0.1, -0.05) is 57.9 Å². The smallest absolute Gasteiger partial charge is 0.0470 e. The molecule has 0 amide bonds. The number of halogens is 2. The van der Waals surface area contributed by atoms with Gasteiger partial charge in [0.05, 0.1) is 0 Å². The molecule has 0 radical (unpaired) electrons. The second-order valence-electron chi connectivity index (χ2n) is 4.81. The van der Waals surface area contributed by atoms with Crippen LogP contribution in [0.4, 0.5) is 0 Å². The second kappa shape index (κ2) is 7.23. The van der Waals surface area contributed by atoms with Crippen LogP contribution in [0.1, 0.15) is 17.2 Å². The number of rotatable bonds is 5. The standard InChI is InChI=1S/C16H18BrClN2/c1-20(11-13-4-2-3-5-15(13)17)16(10-19)12-6-8-14(18)9-7-12/h2-9,16H,10-11,19H2,1H3. The molecule has 0 saturated heterocycles. The largest absolute Gasteiger partial charge is 0.329 e. The topological polar surface area (TPSA) is 29.3 Å². The zero-order valence-corrected chi connectivity index (χ0v) is 13.7. The van der Waals surface area contributed by atoms with Crippen LogP contribution in [0.3, 0.4) is 0 Å². The third-order valence-electron chi connectivity index (χ3n) is 3.39. The minimum absolute atomic E-state index is 0.180. The number of likely N-dealkylation sites (N-methyl/N-ethyl adjacent to an activating group) is 1. The Hall–Kier alpha value is -0.870. The van der Waals surface area contributed by atoms with Crippen LogP contribution in [0.2, 0.25) is 5.02 Å². The fourth-order valence-electron chi connectivity index (χ4n) is 2.26. The van der Waals surface area contributed by atoms with E-state index in [1.54, 1.807) is 0 Å². The highest BCUT2D eigenvalue weighted by Gasteiger charge is 2.16. The molecule has 0 aromatic heterocycles. The van der Waals surface area contributed by atoms with Gasteiger partial charge < -0.3 is 5.73 Å². The Morgan fingerprint density at radius 3 is 2.40 bits per heavy atom. The molecule has 20 heavy (non-hydrogen) atoms. The van der Waals surface area contributed by atoms with Gasteiger partial charge in [0.15, 0.2) is 0 Å².